The van der Waals surface area contributed by atoms with Gasteiger partial charge >= 0.3 is 6.09 Å². The topological polar surface area (TPSA) is 83.5 Å². The van der Waals surface area contributed by atoms with Crippen LogP contribution in [-0.2, 0) is 4.74 Å². The highest BCUT2D eigenvalue weighted by atomic mass is 32.1. The van der Waals surface area contributed by atoms with Crippen molar-refractivity contribution in [1.82, 2.24) is 4.98 Å². The molecule has 0 bridgehead atoms. The summed E-state index contributed by atoms with van der Waals surface area (Å²) < 4.78 is 5.24. The van der Waals surface area contributed by atoms with Crippen LogP contribution in [0.3, 0.4) is 0 Å². The van der Waals surface area contributed by atoms with Crippen LogP contribution in [-0.4, -0.2) is 21.8 Å². The van der Waals surface area contributed by atoms with E-state index in [9.17, 15) is 9.90 Å². The van der Waals surface area contributed by atoms with E-state index in [4.69, 9.17) is 4.74 Å². The van der Waals surface area contributed by atoms with Crippen LogP contribution < -0.4 is 10.6 Å². The number of ether oxygens (including phenoxy) is 1. The minimum Gasteiger partial charge on any atom is -0.444 e. The van der Waals surface area contributed by atoms with Crippen molar-refractivity contribution in [3.05, 3.63) is 39.9 Å². The van der Waals surface area contributed by atoms with Crippen molar-refractivity contribution in [2.75, 3.05) is 10.6 Å². The number of aromatic nitrogens is 1. The minimum atomic E-state index is -0.921. The Morgan fingerprint density at radius 1 is 1.26 bits per heavy atom. The number of carbonyl (C=O) groups excluding carboxylic acids is 1. The van der Waals surface area contributed by atoms with Crippen molar-refractivity contribution in [2.45, 2.75) is 66.2 Å². The SMILES string of the molecule is Cc1cccc(C(C)C)c1NC(O)c1sc(NC(=O)OC(C)(C)C)nc1C. The molecule has 3 N–H and O–H groups in total. The Hall–Kier alpha value is -2.12. The zero-order valence-corrected chi connectivity index (χ0v) is 17.8. The zero-order valence-electron chi connectivity index (χ0n) is 17.0. The van der Waals surface area contributed by atoms with Crippen LogP contribution in [0.15, 0.2) is 18.2 Å². The summed E-state index contributed by atoms with van der Waals surface area (Å²) in [7, 11) is 0. The van der Waals surface area contributed by atoms with E-state index in [1.807, 2.05) is 19.1 Å². The van der Waals surface area contributed by atoms with Gasteiger partial charge in [0.2, 0.25) is 0 Å². The van der Waals surface area contributed by atoms with Crippen LogP contribution in [0.5, 0.6) is 0 Å². The first-order valence-corrected chi connectivity index (χ1v) is 9.81. The molecule has 1 atom stereocenters. The average molecular weight is 392 g/mol. The van der Waals surface area contributed by atoms with E-state index in [1.54, 1.807) is 27.7 Å². The first kappa shape index (κ1) is 21.2. The number of hydrogen-bond donors (Lipinski definition) is 3. The summed E-state index contributed by atoms with van der Waals surface area (Å²) in [6, 6.07) is 6.08. The van der Waals surface area contributed by atoms with Crippen molar-refractivity contribution in [1.29, 1.82) is 0 Å². The second-order valence-electron chi connectivity index (χ2n) is 7.84. The zero-order chi connectivity index (χ0) is 20.4. The fourth-order valence-corrected chi connectivity index (χ4v) is 3.57. The molecule has 6 nitrogen and oxygen atoms in total. The molecule has 7 heteroatoms. The van der Waals surface area contributed by atoms with Gasteiger partial charge in [-0.1, -0.05) is 43.4 Å². The molecule has 0 aliphatic carbocycles. The summed E-state index contributed by atoms with van der Waals surface area (Å²) in [5, 5.41) is 17.0. The molecule has 27 heavy (non-hydrogen) atoms. The van der Waals surface area contributed by atoms with Gasteiger partial charge in [-0.15, -0.1) is 0 Å². The standard InChI is InChI=1S/C20H29N3O3S/c1-11(2)14-10-8-9-12(3)15(14)22-17(24)16-13(4)21-18(27-16)23-19(25)26-20(5,6)7/h8-11,17,22,24H,1-7H3,(H,21,23,25). The summed E-state index contributed by atoms with van der Waals surface area (Å²) >= 11 is 1.23. The molecule has 1 unspecified atom stereocenters. The number of rotatable bonds is 5. The highest BCUT2D eigenvalue weighted by molar-refractivity contribution is 7.16. The molecule has 2 rings (SSSR count). The molecule has 0 spiro atoms. The van der Waals surface area contributed by atoms with Crippen LogP contribution in [0.4, 0.5) is 15.6 Å². The van der Waals surface area contributed by atoms with Crippen molar-refractivity contribution in [3.8, 4) is 0 Å². The van der Waals surface area contributed by atoms with E-state index in [0.717, 1.165) is 16.8 Å². The summed E-state index contributed by atoms with van der Waals surface area (Å²) in [5.41, 5.74) is 3.20. The Morgan fingerprint density at radius 3 is 2.52 bits per heavy atom. The normalized spacial score (nSPS) is 12.8. The summed E-state index contributed by atoms with van der Waals surface area (Å²) in [6.07, 6.45) is -1.48. The monoisotopic (exact) mass is 391 g/mol. The largest absolute Gasteiger partial charge is 0.444 e. The van der Waals surface area contributed by atoms with Gasteiger partial charge in [-0.25, -0.2) is 9.78 Å². The third kappa shape index (κ3) is 5.68. The molecule has 148 valence electrons. The van der Waals surface area contributed by atoms with E-state index in [-0.39, 0.29) is 0 Å². The van der Waals surface area contributed by atoms with Crippen LogP contribution >= 0.6 is 11.3 Å². The fraction of sp³-hybridized carbons (Fsp3) is 0.500. The molecule has 0 aliphatic heterocycles. The number of amides is 1. The number of aliphatic hydroxyl groups excluding tert-OH is 1. The average Bonchev–Trinajstić information content (AvgIpc) is 2.87. The molecule has 1 aromatic heterocycles. The number of para-hydroxylation sites is 1. The molecule has 0 fully saturated rings. The predicted molar refractivity (Wildman–Crippen MR) is 111 cm³/mol. The molecule has 0 saturated carbocycles. The van der Waals surface area contributed by atoms with Crippen molar-refractivity contribution >= 4 is 28.2 Å². The maximum Gasteiger partial charge on any atom is 0.413 e. The number of anilines is 2. The third-order valence-electron chi connectivity index (χ3n) is 3.90. The van der Waals surface area contributed by atoms with Gasteiger partial charge in [0.15, 0.2) is 11.4 Å². The lowest BCUT2D eigenvalue weighted by molar-refractivity contribution is 0.0636. The lowest BCUT2D eigenvalue weighted by atomic mass is 9.98. The van der Waals surface area contributed by atoms with E-state index in [0.29, 0.717) is 21.6 Å². The number of aliphatic hydroxyl groups is 1. The number of nitrogens with one attached hydrogen (secondary N) is 2. The first-order valence-electron chi connectivity index (χ1n) is 8.99. The maximum absolute atomic E-state index is 11.9. The second-order valence-corrected chi connectivity index (χ2v) is 8.87. The van der Waals surface area contributed by atoms with Gasteiger partial charge < -0.3 is 15.2 Å². The van der Waals surface area contributed by atoms with Gasteiger partial charge in [-0.05, 0) is 51.7 Å². The number of carbonyl (C=O) groups is 1. The van der Waals surface area contributed by atoms with Crippen LogP contribution in [0.2, 0.25) is 0 Å². The number of aryl methyl sites for hydroxylation is 2. The number of hydrogen-bond acceptors (Lipinski definition) is 6. The molecular weight excluding hydrogens is 362 g/mol. The fourth-order valence-electron chi connectivity index (χ4n) is 2.68. The first-order chi connectivity index (χ1) is 12.5. The molecule has 1 amide bonds. The molecule has 0 saturated heterocycles. The number of nitrogens with zero attached hydrogens (tertiary/aromatic N) is 1. The highest BCUT2D eigenvalue weighted by Crippen LogP contribution is 2.33. The lowest BCUT2D eigenvalue weighted by Crippen LogP contribution is -2.27. The summed E-state index contributed by atoms with van der Waals surface area (Å²) in [5.74, 6) is 0.326. The highest BCUT2D eigenvalue weighted by Gasteiger charge is 2.21. The molecule has 0 radical (unpaired) electrons. The van der Waals surface area contributed by atoms with Gasteiger partial charge in [0, 0.05) is 5.69 Å². The predicted octanol–water partition coefficient (Wildman–Crippen LogP) is 5.33. The van der Waals surface area contributed by atoms with Gasteiger partial charge in [-0.3, -0.25) is 5.32 Å². The Labute approximate surface area is 165 Å². The van der Waals surface area contributed by atoms with Crippen molar-refractivity contribution < 1.29 is 14.6 Å². The Bertz CT molecular complexity index is 809. The molecular formula is C20H29N3O3S. The smallest absolute Gasteiger partial charge is 0.413 e. The Balaban J connectivity index is 2.18. The van der Waals surface area contributed by atoms with Gasteiger partial charge in [0.25, 0.3) is 0 Å². The second kappa shape index (κ2) is 8.27. The third-order valence-corrected chi connectivity index (χ3v) is 5.02. The van der Waals surface area contributed by atoms with E-state index in [1.165, 1.54) is 11.3 Å². The maximum atomic E-state index is 11.9. The Morgan fingerprint density at radius 2 is 1.93 bits per heavy atom. The van der Waals surface area contributed by atoms with Crippen molar-refractivity contribution in [2.24, 2.45) is 0 Å². The minimum absolute atomic E-state index is 0.326. The molecule has 1 aromatic carbocycles. The summed E-state index contributed by atoms with van der Waals surface area (Å²) in [4.78, 5) is 16.9. The molecule has 2 aromatic rings. The molecule has 1 heterocycles. The van der Waals surface area contributed by atoms with Gasteiger partial charge in [0.1, 0.15) is 5.60 Å². The van der Waals surface area contributed by atoms with Gasteiger partial charge in [0.05, 0.1) is 10.6 Å². The van der Waals surface area contributed by atoms with Crippen LogP contribution in [0.1, 0.15) is 68.5 Å². The summed E-state index contributed by atoms with van der Waals surface area (Å²) in [6.45, 7) is 13.4. The van der Waals surface area contributed by atoms with E-state index < -0.39 is 17.9 Å². The van der Waals surface area contributed by atoms with Crippen LogP contribution in [0.25, 0.3) is 0 Å². The molecule has 0 aliphatic rings. The van der Waals surface area contributed by atoms with Gasteiger partial charge in [-0.2, -0.15) is 0 Å². The quantitative estimate of drug-likeness (QED) is 0.600. The van der Waals surface area contributed by atoms with E-state index >= 15 is 0 Å². The van der Waals surface area contributed by atoms with E-state index in [2.05, 4.69) is 35.5 Å². The lowest BCUT2D eigenvalue weighted by Gasteiger charge is -2.20. The number of thiazole rings is 1. The van der Waals surface area contributed by atoms with Crippen molar-refractivity contribution in [3.63, 3.8) is 0 Å². The van der Waals surface area contributed by atoms with Crippen LogP contribution in [0, 0.1) is 13.8 Å². The Kier molecular flexibility index (Phi) is 6.49. The number of benzene rings is 1.